The van der Waals surface area contributed by atoms with E-state index in [2.05, 4.69) is 35.2 Å². The number of nitrogens with zero attached hydrogens (tertiary/aromatic N) is 3. The van der Waals surface area contributed by atoms with Gasteiger partial charge in [0.25, 0.3) is 0 Å². The van der Waals surface area contributed by atoms with E-state index in [1.165, 1.54) is 12.8 Å². The molecule has 0 bridgehead atoms. The van der Waals surface area contributed by atoms with E-state index in [0.29, 0.717) is 12.0 Å². The van der Waals surface area contributed by atoms with Gasteiger partial charge < -0.3 is 15.0 Å². The third-order valence-corrected chi connectivity index (χ3v) is 4.33. The summed E-state index contributed by atoms with van der Waals surface area (Å²) in [7, 11) is 2.15. The number of hydrogen-bond donors (Lipinski definition) is 1. The first kappa shape index (κ1) is 14.6. The lowest BCUT2D eigenvalue weighted by molar-refractivity contribution is 0.0853. The van der Waals surface area contributed by atoms with E-state index in [0.717, 1.165) is 56.5 Å². The molecule has 0 atom stereocenters. The van der Waals surface area contributed by atoms with E-state index in [9.17, 15) is 0 Å². The number of hydrogen-bond acceptors (Lipinski definition) is 5. The topological polar surface area (TPSA) is 50.3 Å². The molecule has 0 unspecified atom stereocenters. The second-order valence-electron chi connectivity index (χ2n) is 6.13. The van der Waals surface area contributed by atoms with Crippen LogP contribution < -0.4 is 10.2 Å². The van der Waals surface area contributed by atoms with Gasteiger partial charge >= 0.3 is 0 Å². The van der Waals surface area contributed by atoms with Crippen LogP contribution in [-0.4, -0.2) is 42.8 Å². The zero-order chi connectivity index (χ0) is 14.7. The van der Waals surface area contributed by atoms with E-state index < -0.39 is 0 Å². The molecular weight excluding hydrogens is 264 g/mol. The maximum Gasteiger partial charge on any atom is 0.136 e. The molecular formula is C16H26N4O. The highest BCUT2D eigenvalue weighted by Gasteiger charge is 2.28. The molecule has 0 radical (unpaired) electrons. The highest BCUT2D eigenvalue weighted by molar-refractivity contribution is 5.50. The average Bonchev–Trinajstić information content (AvgIpc) is 3.37. The molecule has 5 nitrogen and oxygen atoms in total. The van der Waals surface area contributed by atoms with Gasteiger partial charge in [-0.05, 0) is 32.1 Å². The summed E-state index contributed by atoms with van der Waals surface area (Å²) in [4.78, 5) is 11.8. The van der Waals surface area contributed by atoms with Gasteiger partial charge in [-0.15, -0.1) is 0 Å². The summed E-state index contributed by atoms with van der Waals surface area (Å²) >= 11 is 0. The van der Waals surface area contributed by atoms with Crippen molar-refractivity contribution >= 4 is 11.6 Å². The highest BCUT2D eigenvalue weighted by Crippen LogP contribution is 2.39. The van der Waals surface area contributed by atoms with Crippen molar-refractivity contribution in [2.45, 2.75) is 51.0 Å². The van der Waals surface area contributed by atoms with Crippen LogP contribution in [0.4, 0.5) is 11.6 Å². The standard InChI is InChI=1S/C16H26N4O/c1-3-8-17-14-11-15(19-16(18-14)12-4-5-12)20(2)13-6-9-21-10-7-13/h11-13H,3-10H2,1-2H3,(H,17,18,19). The molecule has 1 N–H and O–H groups in total. The zero-order valence-electron chi connectivity index (χ0n) is 13.1. The Morgan fingerprint density at radius 3 is 2.67 bits per heavy atom. The summed E-state index contributed by atoms with van der Waals surface area (Å²) in [6.45, 7) is 4.85. The van der Waals surface area contributed by atoms with Gasteiger partial charge in [0, 0.05) is 44.8 Å². The zero-order valence-corrected chi connectivity index (χ0v) is 13.1. The van der Waals surface area contributed by atoms with Crippen molar-refractivity contribution in [3.05, 3.63) is 11.9 Å². The summed E-state index contributed by atoms with van der Waals surface area (Å²) in [5.74, 6) is 3.63. The van der Waals surface area contributed by atoms with Gasteiger partial charge in [-0.3, -0.25) is 0 Å². The van der Waals surface area contributed by atoms with Gasteiger partial charge in [0.1, 0.15) is 17.5 Å². The van der Waals surface area contributed by atoms with E-state index in [1.807, 2.05) is 0 Å². The van der Waals surface area contributed by atoms with Crippen LogP contribution >= 0.6 is 0 Å². The molecule has 1 aromatic heterocycles. The molecule has 0 spiro atoms. The van der Waals surface area contributed by atoms with E-state index in [-0.39, 0.29) is 0 Å². The third-order valence-electron chi connectivity index (χ3n) is 4.33. The fraction of sp³-hybridized carbons (Fsp3) is 0.750. The number of aromatic nitrogens is 2. The molecule has 1 saturated heterocycles. The van der Waals surface area contributed by atoms with Crippen molar-refractivity contribution < 1.29 is 4.74 Å². The van der Waals surface area contributed by atoms with Gasteiger partial charge in [0.2, 0.25) is 0 Å². The molecule has 0 amide bonds. The lowest BCUT2D eigenvalue weighted by atomic mass is 10.1. The smallest absolute Gasteiger partial charge is 0.136 e. The largest absolute Gasteiger partial charge is 0.381 e. The molecule has 1 aliphatic carbocycles. The van der Waals surface area contributed by atoms with Crippen molar-refractivity contribution in [1.29, 1.82) is 0 Å². The molecule has 1 aliphatic heterocycles. The molecule has 21 heavy (non-hydrogen) atoms. The minimum absolute atomic E-state index is 0.528. The predicted molar refractivity (Wildman–Crippen MR) is 85.0 cm³/mol. The predicted octanol–water partition coefficient (Wildman–Crippen LogP) is 2.79. The first-order chi connectivity index (χ1) is 10.3. The Kier molecular flexibility index (Phi) is 4.58. The molecule has 3 rings (SSSR count). The normalized spacial score (nSPS) is 19.5. The number of nitrogens with one attached hydrogen (secondary N) is 1. The fourth-order valence-electron chi connectivity index (χ4n) is 2.76. The summed E-state index contributed by atoms with van der Waals surface area (Å²) < 4.78 is 5.46. The number of anilines is 2. The van der Waals surface area contributed by atoms with E-state index in [4.69, 9.17) is 9.72 Å². The summed E-state index contributed by atoms with van der Waals surface area (Å²) in [5.41, 5.74) is 0. The minimum Gasteiger partial charge on any atom is -0.381 e. The van der Waals surface area contributed by atoms with E-state index >= 15 is 0 Å². The van der Waals surface area contributed by atoms with Gasteiger partial charge in [-0.2, -0.15) is 0 Å². The molecule has 2 aliphatic rings. The quantitative estimate of drug-likeness (QED) is 0.873. The van der Waals surface area contributed by atoms with Gasteiger partial charge in [0.15, 0.2) is 0 Å². The fourth-order valence-corrected chi connectivity index (χ4v) is 2.76. The Bertz CT molecular complexity index is 469. The first-order valence-electron chi connectivity index (χ1n) is 8.21. The van der Waals surface area contributed by atoms with Gasteiger partial charge in [-0.1, -0.05) is 6.92 Å². The van der Waals surface area contributed by atoms with Crippen molar-refractivity contribution in [2.24, 2.45) is 0 Å². The van der Waals surface area contributed by atoms with Crippen LogP contribution in [-0.2, 0) is 4.74 Å². The third kappa shape index (κ3) is 3.64. The molecule has 2 fully saturated rings. The Morgan fingerprint density at radius 2 is 2.00 bits per heavy atom. The first-order valence-corrected chi connectivity index (χ1v) is 8.21. The van der Waals surface area contributed by atoms with Gasteiger partial charge in [0.05, 0.1) is 0 Å². The molecule has 1 saturated carbocycles. The lowest BCUT2D eigenvalue weighted by Crippen LogP contribution is -2.37. The average molecular weight is 290 g/mol. The van der Waals surface area contributed by atoms with Crippen LogP contribution in [0.15, 0.2) is 6.07 Å². The Morgan fingerprint density at radius 1 is 1.24 bits per heavy atom. The van der Waals surface area contributed by atoms with E-state index in [1.54, 1.807) is 0 Å². The summed E-state index contributed by atoms with van der Waals surface area (Å²) in [5, 5.41) is 3.41. The number of rotatable bonds is 6. The van der Waals surface area contributed by atoms with Crippen LogP contribution in [0, 0.1) is 0 Å². The van der Waals surface area contributed by atoms with Gasteiger partial charge in [-0.25, -0.2) is 9.97 Å². The lowest BCUT2D eigenvalue weighted by Gasteiger charge is -2.32. The monoisotopic (exact) mass is 290 g/mol. The van der Waals surface area contributed by atoms with Crippen molar-refractivity contribution in [3.8, 4) is 0 Å². The second-order valence-corrected chi connectivity index (χ2v) is 6.13. The molecule has 2 heterocycles. The Hall–Kier alpha value is -1.36. The Balaban J connectivity index is 1.79. The van der Waals surface area contributed by atoms with Crippen molar-refractivity contribution in [2.75, 3.05) is 37.0 Å². The van der Waals surface area contributed by atoms with Crippen LogP contribution in [0.5, 0.6) is 0 Å². The summed E-state index contributed by atoms with van der Waals surface area (Å²) in [6.07, 6.45) is 5.73. The second kappa shape index (κ2) is 6.60. The van der Waals surface area contributed by atoms with Crippen molar-refractivity contribution in [3.63, 3.8) is 0 Å². The van der Waals surface area contributed by atoms with Crippen LogP contribution in [0.1, 0.15) is 50.8 Å². The molecule has 116 valence electrons. The van der Waals surface area contributed by atoms with Crippen LogP contribution in [0.3, 0.4) is 0 Å². The SMILES string of the molecule is CCCNc1cc(N(C)C2CCOCC2)nc(C2CC2)n1. The minimum atomic E-state index is 0.528. The maximum absolute atomic E-state index is 5.46. The highest BCUT2D eigenvalue weighted by atomic mass is 16.5. The van der Waals surface area contributed by atoms with Crippen LogP contribution in [0.25, 0.3) is 0 Å². The molecule has 0 aromatic carbocycles. The van der Waals surface area contributed by atoms with Crippen LogP contribution in [0.2, 0.25) is 0 Å². The summed E-state index contributed by atoms with van der Waals surface area (Å²) in [6, 6.07) is 2.62. The van der Waals surface area contributed by atoms with Crippen molar-refractivity contribution in [1.82, 2.24) is 9.97 Å². The number of ether oxygens (including phenoxy) is 1. The molecule has 5 heteroatoms. The molecule has 1 aromatic rings. The maximum atomic E-state index is 5.46. The Labute approximate surface area is 127 Å².